The van der Waals surface area contributed by atoms with E-state index in [4.69, 9.17) is 32.7 Å². The predicted octanol–water partition coefficient (Wildman–Crippen LogP) is 8.48. The van der Waals surface area contributed by atoms with Gasteiger partial charge in [-0.05, 0) is 97.6 Å². The number of ether oxygens (including phenoxy) is 2. The summed E-state index contributed by atoms with van der Waals surface area (Å²) < 4.78 is 13.9. The quantitative estimate of drug-likeness (QED) is 0.164. The molecule has 0 saturated carbocycles. The van der Waals surface area contributed by atoms with Crippen molar-refractivity contribution >= 4 is 55.3 Å². The molecule has 2 aromatic rings. The van der Waals surface area contributed by atoms with Crippen LogP contribution >= 0.6 is 31.9 Å². The number of unbranched alkanes of at least 4 members (excludes halogenated alkanes) is 1. The third-order valence-corrected chi connectivity index (χ3v) is 10.6. The van der Waals surface area contributed by atoms with Crippen molar-refractivity contribution in [2.45, 2.75) is 85.4 Å². The molecule has 11 heteroatoms. The van der Waals surface area contributed by atoms with Crippen molar-refractivity contribution in [3.63, 3.8) is 0 Å². The number of hydrogen-bond acceptors (Lipinski definition) is 6. The van der Waals surface area contributed by atoms with Crippen LogP contribution in [0.5, 0.6) is 5.75 Å². The minimum Gasteiger partial charge on any atom is -0.494 e. The van der Waals surface area contributed by atoms with Gasteiger partial charge in [0.1, 0.15) is 5.75 Å². The monoisotopic (exact) mass is 692 g/mol. The first-order valence-electron chi connectivity index (χ1n) is 16.4. The normalized spacial score (nSPS) is 16.9. The molecule has 0 radical (unpaired) electrons. The molecule has 0 N–H and O–H groups in total. The van der Waals surface area contributed by atoms with Crippen LogP contribution in [-0.2, 0) is 16.0 Å². The summed E-state index contributed by atoms with van der Waals surface area (Å²) in [7, 11) is 0.243. The number of piperazine rings is 1. The SMILES string of the molecule is CPN(C(=O)OC(C)N1C(=O)CCc2ccc(OCCCCN3CCN(c4cccc(Cl)c4Cl)CC3)cc21)C(C)(C)CC(C)(C)C. The zero-order valence-electron chi connectivity index (χ0n) is 28.5. The molecule has 8 nitrogen and oxygen atoms in total. The van der Waals surface area contributed by atoms with E-state index in [1.54, 1.807) is 16.5 Å². The van der Waals surface area contributed by atoms with Crippen molar-refractivity contribution in [2.75, 3.05) is 55.8 Å². The largest absolute Gasteiger partial charge is 0.494 e. The number of halogens is 2. The van der Waals surface area contributed by atoms with Gasteiger partial charge in [0.15, 0.2) is 6.23 Å². The molecule has 254 valence electrons. The van der Waals surface area contributed by atoms with Gasteiger partial charge in [0.25, 0.3) is 0 Å². The third kappa shape index (κ3) is 9.43. The number of carbonyl (C=O) groups is 2. The molecule has 0 aromatic heterocycles. The number of aryl methyl sites for hydroxylation is 1. The lowest BCUT2D eigenvalue weighted by Crippen LogP contribution is -2.49. The fraction of sp³-hybridized carbons (Fsp3) is 0.600. The van der Waals surface area contributed by atoms with Gasteiger partial charge in [0.2, 0.25) is 5.91 Å². The summed E-state index contributed by atoms with van der Waals surface area (Å²) >= 11 is 12.6. The highest BCUT2D eigenvalue weighted by Crippen LogP contribution is 2.38. The van der Waals surface area contributed by atoms with E-state index in [1.807, 2.05) is 43.1 Å². The zero-order chi connectivity index (χ0) is 33.6. The van der Waals surface area contributed by atoms with Gasteiger partial charge in [-0.1, -0.05) is 56.1 Å². The van der Waals surface area contributed by atoms with Crippen LogP contribution in [0.4, 0.5) is 16.2 Å². The number of amides is 2. The summed E-state index contributed by atoms with van der Waals surface area (Å²) in [5, 5.41) is 1.21. The number of carbonyl (C=O) groups excluding carboxylic acids is 2. The highest BCUT2D eigenvalue weighted by molar-refractivity contribution is 7.35. The van der Waals surface area contributed by atoms with Crippen LogP contribution in [0, 0.1) is 5.41 Å². The Morgan fingerprint density at radius 2 is 1.72 bits per heavy atom. The summed E-state index contributed by atoms with van der Waals surface area (Å²) in [5.41, 5.74) is 2.48. The Morgan fingerprint density at radius 1 is 1.00 bits per heavy atom. The summed E-state index contributed by atoms with van der Waals surface area (Å²) in [5.74, 6) is 0.661. The first kappa shape index (κ1) is 36.6. The maximum Gasteiger partial charge on any atom is 0.415 e. The molecule has 1 saturated heterocycles. The maximum atomic E-state index is 13.4. The molecule has 2 heterocycles. The van der Waals surface area contributed by atoms with Gasteiger partial charge in [-0.3, -0.25) is 19.3 Å². The molecule has 0 bridgehead atoms. The molecular formula is C35H51Cl2N4O4P. The summed E-state index contributed by atoms with van der Waals surface area (Å²) in [6.45, 7) is 19.8. The lowest BCUT2D eigenvalue weighted by molar-refractivity contribution is -0.120. The van der Waals surface area contributed by atoms with E-state index >= 15 is 0 Å². The Kier molecular flexibility index (Phi) is 12.5. The summed E-state index contributed by atoms with van der Waals surface area (Å²) in [6, 6.07) is 11.7. The Hall–Kier alpha value is -2.25. The van der Waals surface area contributed by atoms with Crippen LogP contribution in [0.15, 0.2) is 36.4 Å². The van der Waals surface area contributed by atoms with Crippen LogP contribution in [-0.4, -0.2) is 79.3 Å². The van der Waals surface area contributed by atoms with Crippen molar-refractivity contribution in [3.8, 4) is 5.75 Å². The standard InChI is InChI=1S/C35H51Cl2N4O4P/c1-25(45-33(43)41(46-7)35(5,6)24-34(2,3)4)40-30-23-27(15-13-26(30)14-16-31(40)42)44-22-9-8-17-38-18-20-39(21-19-38)29-12-10-11-28(36)32(29)37/h10-13,15,23,25,46H,8-9,14,16-22,24H2,1-7H3. The van der Waals surface area contributed by atoms with Gasteiger partial charge in [-0.2, -0.15) is 0 Å². The first-order valence-corrected chi connectivity index (χ1v) is 18.6. The number of hydrogen-bond donors (Lipinski definition) is 0. The number of nitrogens with zero attached hydrogens (tertiary/aromatic N) is 4. The van der Waals surface area contributed by atoms with E-state index in [9.17, 15) is 9.59 Å². The number of fused-ring (bicyclic) bond motifs is 1. The van der Waals surface area contributed by atoms with E-state index in [-0.39, 0.29) is 25.6 Å². The van der Waals surface area contributed by atoms with Gasteiger partial charge in [0.05, 0.1) is 28.0 Å². The Labute approximate surface area is 287 Å². The van der Waals surface area contributed by atoms with Crippen molar-refractivity contribution < 1.29 is 19.1 Å². The summed E-state index contributed by atoms with van der Waals surface area (Å²) in [4.78, 5) is 33.0. The van der Waals surface area contributed by atoms with Crippen LogP contribution in [0.1, 0.15) is 72.8 Å². The van der Waals surface area contributed by atoms with Crippen molar-refractivity contribution in [3.05, 3.63) is 52.0 Å². The Balaban J connectivity index is 1.28. The minimum absolute atomic E-state index is 0.0500. The molecule has 46 heavy (non-hydrogen) atoms. The van der Waals surface area contributed by atoms with E-state index in [0.717, 1.165) is 68.9 Å². The van der Waals surface area contributed by atoms with Crippen molar-refractivity contribution in [2.24, 2.45) is 5.41 Å². The maximum absolute atomic E-state index is 13.4. The second-order valence-electron chi connectivity index (χ2n) is 14.1. The minimum atomic E-state index is -0.742. The van der Waals surface area contributed by atoms with E-state index in [0.29, 0.717) is 35.2 Å². The van der Waals surface area contributed by atoms with E-state index < -0.39 is 12.3 Å². The molecular weight excluding hydrogens is 642 g/mol. The first-order chi connectivity index (χ1) is 21.7. The topological polar surface area (TPSA) is 65.6 Å². The second-order valence-corrected chi connectivity index (χ2v) is 15.8. The Bertz CT molecular complexity index is 1360. The molecule has 2 atom stereocenters. The van der Waals surface area contributed by atoms with Crippen LogP contribution in [0.3, 0.4) is 0 Å². The second kappa shape index (κ2) is 15.8. The van der Waals surface area contributed by atoms with Crippen molar-refractivity contribution in [1.29, 1.82) is 0 Å². The average Bonchev–Trinajstić information content (AvgIpc) is 2.97. The molecule has 2 unspecified atom stereocenters. The van der Waals surface area contributed by atoms with Gasteiger partial charge < -0.3 is 14.4 Å². The van der Waals surface area contributed by atoms with Gasteiger partial charge in [-0.15, -0.1) is 0 Å². The molecule has 2 amide bonds. The van der Waals surface area contributed by atoms with Crippen LogP contribution < -0.4 is 14.5 Å². The highest BCUT2D eigenvalue weighted by Gasteiger charge is 2.37. The lowest BCUT2D eigenvalue weighted by Gasteiger charge is -2.42. The van der Waals surface area contributed by atoms with Gasteiger partial charge in [0, 0.05) is 44.2 Å². The highest BCUT2D eigenvalue weighted by atomic mass is 35.5. The molecule has 2 aliphatic heterocycles. The third-order valence-electron chi connectivity index (χ3n) is 8.58. The molecule has 2 aromatic carbocycles. The molecule has 0 spiro atoms. The fourth-order valence-electron chi connectivity index (χ4n) is 6.81. The smallest absolute Gasteiger partial charge is 0.415 e. The summed E-state index contributed by atoms with van der Waals surface area (Å²) in [6.07, 6.45) is 2.67. The number of anilines is 2. The van der Waals surface area contributed by atoms with E-state index in [1.165, 1.54) is 0 Å². The molecule has 1 fully saturated rings. The van der Waals surface area contributed by atoms with Gasteiger partial charge in [-0.25, -0.2) is 4.79 Å². The zero-order valence-corrected chi connectivity index (χ0v) is 31.0. The fourth-order valence-corrected chi connectivity index (χ4v) is 8.14. The van der Waals surface area contributed by atoms with E-state index in [2.05, 4.69) is 44.4 Å². The van der Waals surface area contributed by atoms with Crippen molar-refractivity contribution in [1.82, 2.24) is 9.57 Å². The molecule has 2 aliphatic rings. The number of benzene rings is 2. The van der Waals surface area contributed by atoms with Crippen LogP contribution in [0.2, 0.25) is 10.0 Å². The Morgan fingerprint density at radius 3 is 2.39 bits per heavy atom. The van der Waals surface area contributed by atoms with Crippen LogP contribution in [0.25, 0.3) is 0 Å². The predicted molar refractivity (Wildman–Crippen MR) is 192 cm³/mol. The average molecular weight is 694 g/mol. The number of rotatable bonds is 12. The molecule has 4 rings (SSSR count). The molecule has 0 aliphatic carbocycles. The lowest BCUT2D eigenvalue weighted by atomic mass is 9.82. The van der Waals surface area contributed by atoms with Gasteiger partial charge >= 0.3 is 6.09 Å².